The van der Waals surface area contributed by atoms with Gasteiger partial charge in [-0.2, -0.15) is 0 Å². The van der Waals surface area contributed by atoms with E-state index in [4.69, 9.17) is 9.40 Å². The van der Waals surface area contributed by atoms with Gasteiger partial charge in [-0.25, -0.2) is 9.97 Å². The van der Waals surface area contributed by atoms with Gasteiger partial charge in [0.05, 0.1) is 6.26 Å². The van der Waals surface area contributed by atoms with Crippen molar-refractivity contribution in [3.63, 3.8) is 0 Å². The molecule has 0 spiro atoms. The Morgan fingerprint density at radius 1 is 1.07 bits per heavy atom. The molecule has 7 heteroatoms. The number of nitrogens with one attached hydrogen (secondary N) is 1. The van der Waals surface area contributed by atoms with E-state index in [1.54, 1.807) is 12.1 Å². The fourth-order valence-corrected chi connectivity index (χ4v) is 3.35. The number of carbonyl (C=O) groups is 1. The topological polar surface area (TPSA) is 74.5 Å². The average molecular weight is 391 g/mol. The van der Waals surface area contributed by atoms with Crippen molar-refractivity contribution in [2.75, 3.05) is 42.9 Å². The molecule has 0 aliphatic carbocycles. The Labute approximate surface area is 170 Å². The highest BCUT2D eigenvalue weighted by Crippen LogP contribution is 2.23. The zero-order valence-electron chi connectivity index (χ0n) is 16.5. The third-order valence-corrected chi connectivity index (χ3v) is 4.92. The van der Waals surface area contributed by atoms with Crippen LogP contribution in [0.4, 0.5) is 11.6 Å². The van der Waals surface area contributed by atoms with E-state index in [1.165, 1.54) is 6.26 Å². The van der Waals surface area contributed by atoms with Crippen molar-refractivity contribution in [3.8, 4) is 11.4 Å². The van der Waals surface area contributed by atoms with Gasteiger partial charge < -0.3 is 19.5 Å². The molecule has 3 aromatic rings. The molecule has 1 aliphatic heterocycles. The second-order valence-electron chi connectivity index (χ2n) is 6.98. The highest BCUT2D eigenvalue weighted by atomic mass is 16.3. The highest BCUT2D eigenvalue weighted by molar-refractivity contribution is 5.91. The lowest BCUT2D eigenvalue weighted by Crippen LogP contribution is -2.49. The Morgan fingerprint density at radius 3 is 2.55 bits per heavy atom. The van der Waals surface area contributed by atoms with Crippen molar-refractivity contribution >= 4 is 17.5 Å². The normalized spacial score (nSPS) is 14.1. The van der Waals surface area contributed by atoms with E-state index in [-0.39, 0.29) is 5.91 Å². The fourth-order valence-electron chi connectivity index (χ4n) is 3.35. The smallest absolute Gasteiger partial charge is 0.289 e. The number of anilines is 2. The van der Waals surface area contributed by atoms with Crippen LogP contribution >= 0.6 is 0 Å². The molecule has 1 amide bonds. The van der Waals surface area contributed by atoms with Crippen LogP contribution < -0.4 is 10.2 Å². The molecule has 3 heterocycles. The van der Waals surface area contributed by atoms with Gasteiger partial charge in [0.15, 0.2) is 11.6 Å². The summed E-state index contributed by atoms with van der Waals surface area (Å²) >= 11 is 0. The van der Waals surface area contributed by atoms with Crippen LogP contribution in [0.2, 0.25) is 0 Å². The number of amides is 1. The second kappa shape index (κ2) is 8.77. The lowest BCUT2D eigenvalue weighted by Gasteiger charge is -2.35. The van der Waals surface area contributed by atoms with Gasteiger partial charge in [0.25, 0.3) is 5.91 Å². The maximum atomic E-state index is 12.5. The summed E-state index contributed by atoms with van der Waals surface area (Å²) in [5.74, 6) is 2.73. The minimum absolute atomic E-state index is 0.0624. The molecule has 7 nitrogen and oxygen atoms in total. The van der Waals surface area contributed by atoms with Gasteiger partial charge in [-0.3, -0.25) is 4.79 Å². The molecule has 0 atom stereocenters. The summed E-state index contributed by atoms with van der Waals surface area (Å²) in [6.45, 7) is 5.66. The van der Waals surface area contributed by atoms with Crippen LogP contribution in [0.5, 0.6) is 0 Å². The molecular weight excluding hydrogens is 366 g/mol. The zero-order chi connectivity index (χ0) is 20.1. The largest absolute Gasteiger partial charge is 0.459 e. The summed E-state index contributed by atoms with van der Waals surface area (Å²) in [4.78, 5) is 26.0. The first-order valence-corrected chi connectivity index (χ1v) is 10.0. The third kappa shape index (κ3) is 4.39. The number of furan rings is 1. The van der Waals surface area contributed by atoms with Crippen molar-refractivity contribution in [2.45, 2.75) is 13.3 Å². The summed E-state index contributed by atoms with van der Waals surface area (Å²) in [6.07, 6.45) is 2.55. The number of aromatic nitrogens is 2. The van der Waals surface area contributed by atoms with Crippen LogP contribution in [0.15, 0.2) is 59.2 Å². The standard InChI is InChI=1S/C22H25N5O2/c1-2-10-23-19-16-20(25-21(24-19)17-7-4-3-5-8-17)26-11-13-27(14-12-26)22(28)18-9-6-15-29-18/h3-9,15-16H,2,10-14H2,1H3,(H,23,24,25). The van der Waals surface area contributed by atoms with E-state index < -0.39 is 0 Å². The Hall–Kier alpha value is -3.35. The van der Waals surface area contributed by atoms with E-state index in [1.807, 2.05) is 41.3 Å². The SMILES string of the molecule is CCCNc1cc(N2CCN(C(=O)c3ccco3)CC2)nc(-c2ccccc2)n1. The van der Waals surface area contributed by atoms with Gasteiger partial charge in [-0.05, 0) is 18.6 Å². The molecule has 1 aliphatic rings. The first-order chi connectivity index (χ1) is 14.2. The summed E-state index contributed by atoms with van der Waals surface area (Å²) < 4.78 is 5.24. The van der Waals surface area contributed by atoms with E-state index in [0.717, 1.165) is 30.2 Å². The molecule has 29 heavy (non-hydrogen) atoms. The number of carbonyl (C=O) groups excluding carboxylic acids is 1. The van der Waals surface area contributed by atoms with Gasteiger partial charge in [0.1, 0.15) is 11.6 Å². The van der Waals surface area contributed by atoms with Crippen LogP contribution in [0.1, 0.15) is 23.9 Å². The van der Waals surface area contributed by atoms with Crippen molar-refractivity contribution in [1.82, 2.24) is 14.9 Å². The van der Waals surface area contributed by atoms with Crippen LogP contribution in [0.25, 0.3) is 11.4 Å². The lowest BCUT2D eigenvalue weighted by molar-refractivity contribution is 0.0714. The number of rotatable bonds is 6. The number of piperazine rings is 1. The van der Waals surface area contributed by atoms with Gasteiger partial charge in [0.2, 0.25) is 0 Å². The lowest BCUT2D eigenvalue weighted by atomic mass is 10.2. The molecule has 1 aromatic carbocycles. The van der Waals surface area contributed by atoms with Crippen LogP contribution in [-0.2, 0) is 0 Å². The molecule has 1 saturated heterocycles. The molecule has 1 N–H and O–H groups in total. The Morgan fingerprint density at radius 2 is 1.86 bits per heavy atom. The molecular formula is C22H25N5O2. The van der Waals surface area contributed by atoms with Crippen molar-refractivity contribution in [1.29, 1.82) is 0 Å². The Bertz CT molecular complexity index is 935. The van der Waals surface area contributed by atoms with E-state index in [9.17, 15) is 4.79 Å². The van der Waals surface area contributed by atoms with Gasteiger partial charge in [-0.15, -0.1) is 0 Å². The summed E-state index contributed by atoms with van der Waals surface area (Å²) in [5.41, 5.74) is 0.987. The molecule has 2 aromatic heterocycles. The van der Waals surface area contributed by atoms with Crippen molar-refractivity contribution in [3.05, 3.63) is 60.6 Å². The number of hydrogen-bond acceptors (Lipinski definition) is 6. The number of nitrogens with zero attached hydrogens (tertiary/aromatic N) is 4. The maximum absolute atomic E-state index is 12.5. The molecule has 0 bridgehead atoms. The van der Waals surface area contributed by atoms with Crippen LogP contribution in [-0.4, -0.2) is 53.5 Å². The number of hydrogen-bond donors (Lipinski definition) is 1. The van der Waals surface area contributed by atoms with Crippen molar-refractivity contribution < 1.29 is 9.21 Å². The molecule has 0 unspecified atom stereocenters. The quantitative estimate of drug-likeness (QED) is 0.693. The van der Waals surface area contributed by atoms with E-state index >= 15 is 0 Å². The van der Waals surface area contributed by atoms with E-state index in [0.29, 0.717) is 37.8 Å². The van der Waals surface area contributed by atoms with Gasteiger partial charge in [-0.1, -0.05) is 37.3 Å². The average Bonchev–Trinajstić information content (AvgIpc) is 3.33. The van der Waals surface area contributed by atoms with Gasteiger partial charge in [0, 0.05) is 44.4 Å². The third-order valence-electron chi connectivity index (χ3n) is 4.92. The molecule has 150 valence electrons. The highest BCUT2D eigenvalue weighted by Gasteiger charge is 2.25. The fraction of sp³-hybridized carbons (Fsp3) is 0.318. The molecule has 0 radical (unpaired) electrons. The number of benzene rings is 1. The second-order valence-corrected chi connectivity index (χ2v) is 6.98. The van der Waals surface area contributed by atoms with Crippen LogP contribution in [0, 0.1) is 0 Å². The summed E-state index contributed by atoms with van der Waals surface area (Å²) in [5, 5.41) is 3.37. The molecule has 1 fully saturated rings. The minimum Gasteiger partial charge on any atom is -0.459 e. The Balaban J connectivity index is 1.52. The summed E-state index contributed by atoms with van der Waals surface area (Å²) in [6, 6.07) is 15.4. The monoisotopic (exact) mass is 391 g/mol. The minimum atomic E-state index is -0.0624. The Kier molecular flexibility index (Phi) is 5.74. The molecule has 4 rings (SSSR count). The first kappa shape index (κ1) is 19.0. The van der Waals surface area contributed by atoms with Gasteiger partial charge >= 0.3 is 0 Å². The summed E-state index contributed by atoms with van der Waals surface area (Å²) in [7, 11) is 0. The predicted molar refractivity (Wildman–Crippen MR) is 113 cm³/mol. The maximum Gasteiger partial charge on any atom is 0.289 e. The zero-order valence-corrected chi connectivity index (χ0v) is 16.5. The molecule has 0 saturated carbocycles. The van der Waals surface area contributed by atoms with E-state index in [2.05, 4.69) is 22.1 Å². The first-order valence-electron chi connectivity index (χ1n) is 10.0. The van der Waals surface area contributed by atoms with Crippen LogP contribution in [0.3, 0.4) is 0 Å². The predicted octanol–water partition coefficient (Wildman–Crippen LogP) is 3.52. The van der Waals surface area contributed by atoms with Crippen molar-refractivity contribution in [2.24, 2.45) is 0 Å².